The zero-order valence-electron chi connectivity index (χ0n) is 9.83. The average molecular weight is 214 g/mol. The van der Waals surface area contributed by atoms with Crippen molar-refractivity contribution in [3.63, 3.8) is 0 Å². The molecular weight excluding hydrogens is 188 g/mol. The van der Waals surface area contributed by atoms with Gasteiger partial charge in [0.15, 0.2) is 0 Å². The van der Waals surface area contributed by atoms with E-state index in [1.807, 2.05) is 0 Å². The molecule has 3 nitrogen and oxygen atoms in total. The zero-order chi connectivity index (χ0) is 10.9. The highest BCUT2D eigenvalue weighted by Gasteiger charge is 2.18. The predicted octanol–water partition coefficient (Wildman–Crippen LogP) is 1.21. The minimum atomic E-state index is 0.353. The van der Waals surface area contributed by atoms with E-state index in [9.17, 15) is 0 Å². The summed E-state index contributed by atoms with van der Waals surface area (Å²) in [4.78, 5) is 2.56. The third-order valence-electron chi connectivity index (χ3n) is 3.32. The van der Waals surface area contributed by atoms with Crippen molar-refractivity contribution < 1.29 is 5.11 Å². The van der Waals surface area contributed by atoms with Gasteiger partial charge in [0.2, 0.25) is 0 Å². The third-order valence-corrected chi connectivity index (χ3v) is 3.32. The molecule has 0 spiro atoms. The van der Waals surface area contributed by atoms with Crippen molar-refractivity contribution in [3.8, 4) is 0 Å². The van der Waals surface area contributed by atoms with Crippen molar-refractivity contribution in [2.45, 2.75) is 38.5 Å². The van der Waals surface area contributed by atoms with Crippen LogP contribution >= 0.6 is 0 Å². The first-order chi connectivity index (χ1) is 7.36. The van der Waals surface area contributed by atoms with E-state index in [-0.39, 0.29) is 0 Å². The van der Waals surface area contributed by atoms with Gasteiger partial charge in [-0.2, -0.15) is 0 Å². The van der Waals surface area contributed by atoms with Gasteiger partial charge in [-0.15, -0.1) is 0 Å². The molecule has 90 valence electrons. The summed E-state index contributed by atoms with van der Waals surface area (Å²) in [5, 5.41) is 8.92. The Morgan fingerprint density at radius 2 is 2.13 bits per heavy atom. The Kier molecular flexibility index (Phi) is 6.98. The van der Waals surface area contributed by atoms with Gasteiger partial charge < -0.3 is 15.7 Å². The van der Waals surface area contributed by atoms with E-state index >= 15 is 0 Å². The summed E-state index contributed by atoms with van der Waals surface area (Å²) in [7, 11) is 0. The van der Waals surface area contributed by atoms with Gasteiger partial charge in [-0.3, -0.25) is 0 Å². The lowest BCUT2D eigenvalue weighted by Gasteiger charge is -2.32. The van der Waals surface area contributed by atoms with Crippen molar-refractivity contribution in [1.82, 2.24) is 4.90 Å². The Bertz CT molecular complexity index is 151. The van der Waals surface area contributed by atoms with Crippen molar-refractivity contribution in [1.29, 1.82) is 0 Å². The number of nitrogens with zero attached hydrogens (tertiary/aromatic N) is 1. The number of aliphatic hydroxyl groups excluding tert-OH is 1. The summed E-state index contributed by atoms with van der Waals surface area (Å²) in [5.74, 6) is 0.734. The number of piperidine rings is 1. The Morgan fingerprint density at radius 3 is 2.87 bits per heavy atom. The molecule has 0 aliphatic carbocycles. The minimum absolute atomic E-state index is 0.353. The lowest BCUT2D eigenvalue weighted by atomic mass is 9.95. The van der Waals surface area contributed by atoms with Gasteiger partial charge in [0.1, 0.15) is 0 Å². The molecule has 1 aliphatic heterocycles. The SMILES string of the molecule is NCCCCCN1CCCC(CCO)C1. The molecule has 0 aromatic rings. The average Bonchev–Trinajstić information content (AvgIpc) is 2.26. The molecule has 1 atom stereocenters. The number of aliphatic hydroxyl groups is 1. The molecule has 0 amide bonds. The summed E-state index contributed by atoms with van der Waals surface area (Å²) >= 11 is 0. The molecule has 1 unspecified atom stereocenters. The summed E-state index contributed by atoms with van der Waals surface area (Å²) in [6, 6.07) is 0. The van der Waals surface area contributed by atoms with Crippen LogP contribution in [0.15, 0.2) is 0 Å². The predicted molar refractivity (Wildman–Crippen MR) is 63.8 cm³/mol. The van der Waals surface area contributed by atoms with Gasteiger partial charge in [0.25, 0.3) is 0 Å². The van der Waals surface area contributed by atoms with E-state index < -0.39 is 0 Å². The fourth-order valence-corrected chi connectivity index (χ4v) is 2.43. The molecule has 3 heteroatoms. The molecule has 3 N–H and O–H groups in total. The number of unbranched alkanes of at least 4 members (excludes halogenated alkanes) is 2. The van der Waals surface area contributed by atoms with Crippen LogP contribution in [0.25, 0.3) is 0 Å². The lowest BCUT2D eigenvalue weighted by molar-refractivity contribution is 0.146. The van der Waals surface area contributed by atoms with Crippen LogP contribution < -0.4 is 5.73 Å². The van der Waals surface area contributed by atoms with Crippen molar-refractivity contribution >= 4 is 0 Å². The number of hydrogen-bond acceptors (Lipinski definition) is 3. The molecule has 1 aliphatic rings. The molecule has 15 heavy (non-hydrogen) atoms. The molecule has 0 aromatic carbocycles. The molecule has 0 radical (unpaired) electrons. The second-order valence-electron chi connectivity index (χ2n) is 4.67. The first kappa shape index (κ1) is 12.9. The van der Waals surface area contributed by atoms with E-state index in [1.165, 1.54) is 45.3 Å². The largest absolute Gasteiger partial charge is 0.396 e. The highest BCUT2D eigenvalue weighted by atomic mass is 16.3. The van der Waals surface area contributed by atoms with Crippen LogP contribution in [0.4, 0.5) is 0 Å². The van der Waals surface area contributed by atoms with Crippen LogP contribution in [0.1, 0.15) is 38.5 Å². The van der Waals surface area contributed by atoms with Crippen molar-refractivity contribution in [2.24, 2.45) is 11.7 Å². The fraction of sp³-hybridized carbons (Fsp3) is 1.00. The summed E-state index contributed by atoms with van der Waals surface area (Å²) in [6.45, 7) is 4.86. The van der Waals surface area contributed by atoms with Gasteiger partial charge in [-0.1, -0.05) is 6.42 Å². The van der Waals surface area contributed by atoms with E-state index in [0.29, 0.717) is 6.61 Å². The van der Waals surface area contributed by atoms with Crippen LogP contribution in [0.2, 0.25) is 0 Å². The first-order valence-corrected chi connectivity index (χ1v) is 6.40. The van der Waals surface area contributed by atoms with Gasteiger partial charge in [0, 0.05) is 13.2 Å². The van der Waals surface area contributed by atoms with Crippen LogP contribution in [0.3, 0.4) is 0 Å². The van der Waals surface area contributed by atoms with E-state index in [4.69, 9.17) is 10.8 Å². The topological polar surface area (TPSA) is 49.5 Å². The van der Waals surface area contributed by atoms with E-state index in [2.05, 4.69) is 4.90 Å². The fourth-order valence-electron chi connectivity index (χ4n) is 2.43. The first-order valence-electron chi connectivity index (χ1n) is 6.40. The minimum Gasteiger partial charge on any atom is -0.396 e. The van der Waals surface area contributed by atoms with Gasteiger partial charge >= 0.3 is 0 Å². The van der Waals surface area contributed by atoms with E-state index in [1.54, 1.807) is 0 Å². The van der Waals surface area contributed by atoms with Crippen LogP contribution in [0, 0.1) is 5.92 Å². The smallest absolute Gasteiger partial charge is 0.0434 e. The lowest BCUT2D eigenvalue weighted by Crippen LogP contribution is -2.36. The maximum absolute atomic E-state index is 8.92. The van der Waals surface area contributed by atoms with Crippen LogP contribution in [0.5, 0.6) is 0 Å². The Hall–Kier alpha value is -0.120. The Balaban J connectivity index is 2.07. The third kappa shape index (κ3) is 5.50. The van der Waals surface area contributed by atoms with Gasteiger partial charge in [-0.25, -0.2) is 0 Å². The van der Waals surface area contributed by atoms with Crippen LogP contribution in [-0.2, 0) is 0 Å². The summed E-state index contributed by atoms with van der Waals surface area (Å²) in [5.41, 5.74) is 5.47. The quantitative estimate of drug-likeness (QED) is 0.626. The highest BCUT2D eigenvalue weighted by molar-refractivity contribution is 4.72. The normalized spacial score (nSPS) is 23.2. The molecule has 0 saturated carbocycles. The molecule has 1 rings (SSSR count). The van der Waals surface area contributed by atoms with Crippen LogP contribution in [-0.4, -0.2) is 42.8 Å². The number of rotatable bonds is 7. The second kappa shape index (κ2) is 8.08. The number of nitrogens with two attached hydrogens (primary N) is 1. The summed E-state index contributed by atoms with van der Waals surface area (Å²) < 4.78 is 0. The maximum atomic E-state index is 8.92. The van der Waals surface area contributed by atoms with Gasteiger partial charge in [-0.05, 0) is 57.7 Å². The molecule has 1 fully saturated rings. The second-order valence-corrected chi connectivity index (χ2v) is 4.67. The van der Waals surface area contributed by atoms with Crippen molar-refractivity contribution in [2.75, 3.05) is 32.8 Å². The number of hydrogen-bond donors (Lipinski definition) is 2. The van der Waals surface area contributed by atoms with Crippen molar-refractivity contribution in [3.05, 3.63) is 0 Å². The Morgan fingerprint density at radius 1 is 1.27 bits per heavy atom. The molecule has 1 saturated heterocycles. The monoisotopic (exact) mass is 214 g/mol. The molecule has 0 aromatic heterocycles. The molecule has 0 bridgehead atoms. The number of likely N-dealkylation sites (tertiary alicyclic amines) is 1. The molecular formula is C12H26N2O. The zero-order valence-corrected chi connectivity index (χ0v) is 9.83. The highest BCUT2D eigenvalue weighted by Crippen LogP contribution is 2.19. The Labute approximate surface area is 93.6 Å². The molecule has 1 heterocycles. The van der Waals surface area contributed by atoms with Gasteiger partial charge in [0.05, 0.1) is 0 Å². The summed E-state index contributed by atoms with van der Waals surface area (Å²) in [6.07, 6.45) is 7.30. The van der Waals surface area contributed by atoms with E-state index in [0.717, 1.165) is 25.3 Å². The standard InChI is InChI=1S/C12H26N2O/c13-7-2-1-3-8-14-9-4-5-12(11-14)6-10-15/h12,15H,1-11,13H2. The maximum Gasteiger partial charge on any atom is 0.0434 e.